The van der Waals surface area contributed by atoms with Crippen molar-refractivity contribution < 1.29 is 0 Å². The lowest BCUT2D eigenvalue weighted by atomic mass is 9.81. The summed E-state index contributed by atoms with van der Waals surface area (Å²) in [6.07, 6.45) is 4.05. The molecular formula is C33H32N2. The van der Waals surface area contributed by atoms with E-state index in [1.807, 2.05) is 6.20 Å². The van der Waals surface area contributed by atoms with Crippen molar-refractivity contribution in [2.24, 2.45) is 0 Å². The summed E-state index contributed by atoms with van der Waals surface area (Å²) in [5, 5.41) is 0. The van der Waals surface area contributed by atoms with E-state index in [1.54, 1.807) is 0 Å². The summed E-state index contributed by atoms with van der Waals surface area (Å²) in [6.45, 7) is 9.21. The molecule has 0 spiro atoms. The average Bonchev–Trinajstić information content (AvgIpc) is 3.38. The largest absolute Gasteiger partial charge is 0.299 e. The maximum atomic E-state index is 4.83. The fourth-order valence-corrected chi connectivity index (χ4v) is 5.13. The zero-order valence-corrected chi connectivity index (χ0v) is 20.9. The molecule has 5 aromatic rings. The first-order valence-electron chi connectivity index (χ1n) is 12.5. The van der Waals surface area contributed by atoms with Crippen LogP contribution in [0, 0.1) is 0 Å². The van der Waals surface area contributed by atoms with Crippen molar-refractivity contribution in [2.75, 3.05) is 0 Å². The highest BCUT2D eigenvalue weighted by molar-refractivity contribution is 5.84. The van der Waals surface area contributed by atoms with Crippen LogP contribution in [0.15, 0.2) is 109 Å². The van der Waals surface area contributed by atoms with E-state index >= 15 is 0 Å². The quantitative estimate of drug-likeness (QED) is 0.249. The molecule has 0 atom stereocenters. The van der Waals surface area contributed by atoms with Crippen LogP contribution in [0.25, 0.3) is 39.3 Å². The predicted molar refractivity (Wildman–Crippen MR) is 148 cm³/mol. The SMILES string of the molecule is CC(C)c1c(-c2ccccc2)cc(-c2ccccc2)c(C(C)C)c1-n1ccnc1-c1ccccc1. The van der Waals surface area contributed by atoms with E-state index < -0.39 is 0 Å². The monoisotopic (exact) mass is 456 g/mol. The second kappa shape index (κ2) is 9.76. The maximum absolute atomic E-state index is 4.83. The van der Waals surface area contributed by atoms with E-state index in [-0.39, 0.29) is 0 Å². The van der Waals surface area contributed by atoms with Crippen molar-refractivity contribution in [3.05, 3.63) is 121 Å². The zero-order chi connectivity index (χ0) is 24.4. The number of hydrogen-bond donors (Lipinski definition) is 0. The van der Waals surface area contributed by atoms with Crippen molar-refractivity contribution in [3.8, 4) is 39.3 Å². The smallest absolute Gasteiger partial charge is 0.144 e. The van der Waals surface area contributed by atoms with Gasteiger partial charge in [-0.3, -0.25) is 4.57 Å². The molecule has 0 aliphatic carbocycles. The van der Waals surface area contributed by atoms with Crippen LogP contribution in [0.4, 0.5) is 0 Å². The van der Waals surface area contributed by atoms with E-state index in [4.69, 9.17) is 4.98 Å². The lowest BCUT2D eigenvalue weighted by Gasteiger charge is -2.28. The van der Waals surface area contributed by atoms with Gasteiger partial charge in [0.15, 0.2) is 0 Å². The van der Waals surface area contributed by atoms with Crippen molar-refractivity contribution in [1.29, 1.82) is 0 Å². The molecule has 0 unspecified atom stereocenters. The van der Waals surface area contributed by atoms with Gasteiger partial charge < -0.3 is 0 Å². The first kappa shape index (κ1) is 22.9. The van der Waals surface area contributed by atoms with E-state index in [9.17, 15) is 0 Å². The molecule has 0 saturated carbocycles. The van der Waals surface area contributed by atoms with Gasteiger partial charge in [0.25, 0.3) is 0 Å². The molecule has 174 valence electrons. The highest BCUT2D eigenvalue weighted by atomic mass is 15.1. The van der Waals surface area contributed by atoms with Gasteiger partial charge in [-0.15, -0.1) is 0 Å². The van der Waals surface area contributed by atoms with Crippen LogP contribution in [0.3, 0.4) is 0 Å². The normalized spacial score (nSPS) is 11.4. The fraction of sp³-hybridized carbons (Fsp3) is 0.182. The minimum Gasteiger partial charge on any atom is -0.299 e. The van der Waals surface area contributed by atoms with Crippen LogP contribution >= 0.6 is 0 Å². The summed E-state index contributed by atoms with van der Waals surface area (Å²) in [5.41, 5.74) is 10.1. The van der Waals surface area contributed by atoms with Crippen molar-refractivity contribution in [1.82, 2.24) is 9.55 Å². The summed E-state index contributed by atoms with van der Waals surface area (Å²) in [7, 11) is 0. The van der Waals surface area contributed by atoms with Crippen LogP contribution < -0.4 is 0 Å². The number of imidazole rings is 1. The van der Waals surface area contributed by atoms with E-state index in [2.05, 4.69) is 136 Å². The van der Waals surface area contributed by atoms with Gasteiger partial charge in [-0.2, -0.15) is 0 Å². The van der Waals surface area contributed by atoms with Crippen molar-refractivity contribution in [2.45, 2.75) is 39.5 Å². The molecule has 4 aromatic carbocycles. The minimum absolute atomic E-state index is 0.327. The molecule has 0 N–H and O–H groups in total. The number of nitrogens with zero attached hydrogens (tertiary/aromatic N) is 2. The molecule has 0 amide bonds. The lowest BCUT2D eigenvalue weighted by molar-refractivity contribution is 0.810. The molecular weight excluding hydrogens is 424 g/mol. The minimum atomic E-state index is 0.327. The number of hydrogen-bond acceptors (Lipinski definition) is 1. The average molecular weight is 457 g/mol. The summed E-state index contributed by atoms with van der Waals surface area (Å²) < 4.78 is 2.32. The van der Waals surface area contributed by atoms with E-state index in [1.165, 1.54) is 39.1 Å². The standard InChI is InChI=1S/C33H32N2/c1-23(2)30-28(25-14-8-5-9-15-25)22-29(26-16-10-6-11-17-26)31(24(3)4)32(30)35-21-20-34-33(35)27-18-12-7-13-19-27/h5-24H,1-4H3. The molecule has 2 heteroatoms. The summed E-state index contributed by atoms with van der Waals surface area (Å²) >= 11 is 0. The third-order valence-electron chi connectivity index (χ3n) is 6.62. The van der Waals surface area contributed by atoms with Crippen LogP contribution in [0.1, 0.15) is 50.7 Å². The Hall–Kier alpha value is -3.91. The molecule has 0 radical (unpaired) electrons. The highest BCUT2D eigenvalue weighted by Crippen LogP contribution is 2.45. The Morgan fingerprint density at radius 1 is 0.571 bits per heavy atom. The molecule has 0 aliphatic heterocycles. The summed E-state index contributed by atoms with van der Waals surface area (Å²) in [5.74, 6) is 1.63. The molecule has 0 bridgehead atoms. The Morgan fingerprint density at radius 2 is 1.00 bits per heavy atom. The molecule has 0 aliphatic rings. The Morgan fingerprint density at radius 3 is 1.43 bits per heavy atom. The number of benzene rings is 4. The topological polar surface area (TPSA) is 17.8 Å². The van der Waals surface area contributed by atoms with Gasteiger partial charge in [-0.1, -0.05) is 119 Å². The van der Waals surface area contributed by atoms with Gasteiger partial charge in [0.05, 0.1) is 5.69 Å². The van der Waals surface area contributed by atoms with Crippen molar-refractivity contribution in [3.63, 3.8) is 0 Å². The Balaban J connectivity index is 1.94. The molecule has 0 saturated heterocycles. The maximum Gasteiger partial charge on any atom is 0.144 e. The molecule has 35 heavy (non-hydrogen) atoms. The lowest BCUT2D eigenvalue weighted by Crippen LogP contribution is -2.11. The third kappa shape index (κ3) is 4.33. The molecule has 1 heterocycles. The van der Waals surface area contributed by atoms with Gasteiger partial charge in [-0.05, 0) is 51.3 Å². The number of aromatic nitrogens is 2. The van der Waals surface area contributed by atoms with Crippen LogP contribution in [-0.4, -0.2) is 9.55 Å². The summed E-state index contributed by atoms with van der Waals surface area (Å²) in [4.78, 5) is 4.83. The highest BCUT2D eigenvalue weighted by Gasteiger charge is 2.26. The zero-order valence-electron chi connectivity index (χ0n) is 20.9. The molecule has 2 nitrogen and oxygen atoms in total. The Labute approximate surface area is 208 Å². The van der Waals surface area contributed by atoms with Crippen LogP contribution in [0.5, 0.6) is 0 Å². The number of rotatable bonds is 6. The predicted octanol–water partition coefficient (Wildman–Crippen LogP) is 9.12. The fourth-order valence-electron chi connectivity index (χ4n) is 5.13. The molecule has 5 rings (SSSR count). The van der Waals surface area contributed by atoms with Gasteiger partial charge >= 0.3 is 0 Å². The van der Waals surface area contributed by atoms with Crippen LogP contribution in [0.2, 0.25) is 0 Å². The first-order chi connectivity index (χ1) is 17.1. The molecule has 0 fully saturated rings. The Bertz CT molecular complexity index is 1340. The third-order valence-corrected chi connectivity index (χ3v) is 6.62. The van der Waals surface area contributed by atoms with E-state index in [0.717, 1.165) is 11.4 Å². The second-order valence-electron chi connectivity index (χ2n) is 9.68. The van der Waals surface area contributed by atoms with Crippen molar-refractivity contribution >= 4 is 0 Å². The Kier molecular flexibility index (Phi) is 6.37. The van der Waals surface area contributed by atoms with Gasteiger partial charge in [-0.25, -0.2) is 4.98 Å². The van der Waals surface area contributed by atoms with Gasteiger partial charge in [0.2, 0.25) is 0 Å². The van der Waals surface area contributed by atoms with E-state index in [0.29, 0.717) is 11.8 Å². The first-order valence-corrected chi connectivity index (χ1v) is 12.5. The van der Waals surface area contributed by atoms with Crippen LogP contribution in [-0.2, 0) is 0 Å². The summed E-state index contributed by atoms with van der Waals surface area (Å²) in [6, 6.07) is 34.5. The second-order valence-corrected chi connectivity index (χ2v) is 9.68. The molecule has 1 aromatic heterocycles. The van der Waals surface area contributed by atoms with Gasteiger partial charge in [0.1, 0.15) is 5.82 Å². The van der Waals surface area contributed by atoms with Gasteiger partial charge in [0, 0.05) is 18.0 Å².